The van der Waals surface area contributed by atoms with Gasteiger partial charge >= 0.3 is 6.03 Å². The van der Waals surface area contributed by atoms with E-state index in [1.54, 1.807) is 4.90 Å². The number of amides is 2. The van der Waals surface area contributed by atoms with Gasteiger partial charge in [-0.3, -0.25) is 0 Å². The smallest absolute Gasteiger partial charge is 0.317 e. The molecule has 2 amide bonds. The number of nitrogens with one attached hydrogen (secondary N) is 1. The van der Waals surface area contributed by atoms with Crippen LogP contribution in [0.1, 0.15) is 29.7 Å². The zero-order valence-electron chi connectivity index (χ0n) is 13.5. The summed E-state index contributed by atoms with van der Waals surface area (Å²) in [5, 5.41) is 3.05. The molecule has 1 rings (SSSR count). The Labute approximate surface area is 122 Å². The van der Waals surface area contributed by atoms with Crippen LogP contribution in [0.4, 0.5) is 4.79 Å². The van der Waals surface area contributed by atoms with Crippen molar-refractivity contribution < 1.29 is 4.79 Å². The number of carbonyl (C=O) groups excluding carboxylic acids is 1. The maximum atomic E-state index is 12.1. The van der Waals surface area contributed by atoms with Gasteiger partial charge in [0.2, 0.25) is 0 Å². The second kappa shape index (κ2) is 7.29. The summed E-state index contributed by atoms with van der Waals surface area (Å²) < 4.78 is 0. The average Bonchev–Trinajstić information content (AvgIpc) is 2.35. The summed E-state index contributed by atoms with van der Waals surface area (Å²) in [7, 11) is 5.83. The highest BCUT2D eigenvalue weighted by Crippen LogP contribution is 2.18. The van der Waals surface area contributed by atoms with E-state index in [-0.39, 0.29) is 12.1 Å². The van der Waals surface area contributed by atoms with Gasteiger partial charge in [-0.05, 0) is 46.0 Å². The molecule has 0 saturated heterocycles. The first-order chi connectivity index (χ1) is 9.31. The van der Waals surface area contributed by atoms with E-state index in [0.29, 0.717) is 0 Å². The van der Waals surface area contributed by atoms with Crippen molar-refractivity contribution in [3.05, 3.63) is 34.9 Å². The third-order valence-corrected chi connectivity index (χ3v) is 3.46. The largest absolute Gasteiger partial charge is 0.331 e. The summed E-state index contributed by atoms with van der Waals surface area (Å²) in [5.41, 5.74) is 3.63. The average molecular weight is 277 g/mol. The fourth-order valence-electron chi connectivity index (χ4n) is 2.14. The first-order valence-electron chi connectivity index (χ1n) is 7.04. The van der Waals surface area contributed by atoms with Gasteiger partial charge in [0.1, 0.15) is 0 Å². The number of nitrogens with zero attached hydrogens (tertiary/aromatic N) is 2. The Bertz CT molecular complexity index is 457. The Hall–Kier alpha value is -1.55. The molecule has 0 radical (unpaired) electrons. The van der Waals surface area contributed by atoms with Crippen molar-refractivity contribution in [2.75, 3.05) is 34.2 Å². The normalized spacial score (nSPS) is 12.3. The molecule has 4 heteroatoms. The number of likely N-dealkylation sites (N-methyl/N-ethyl adjacent to an activating group) is 2. The Kier molecular flexibility index (Phi) is 6.02. The van der Waals surface area contributed by atoms with Crippen molar-refractivity contribution in [2.45, 2.75) is 26.8 Å². The van der Waals surface area contributed by atoms with Crippen LogP contribution in [-0.2, 0) is 0 Å². The lowest BCUT2D eigenvalue weighted by molar-refractivity contribution is 0.200. The minimum atomic E-state index is -0.0284. The second-order valence-corrected chi connectivity index (χ2v) is 5.76. The molecule has 0 aliphatic rings. The molecule has 1 aromatic carbocycles. The lowest BCUT2D eigenvalue weighted by atomic mass is 10.0. The molecule has 20 heavy (non-hydrogen) atoms. The number of rotatable bonds is 5. The molecule has 0 saturated carbocycles. The topological polar surface area (TPSA) is 35.6 Å². The van der Waals surface area contributed by atoms with Crippen molar-refractivity contribution in [1.29, 1.82) is 0 Å². The molecule has 4 nitrogen and oxygen atoms in total. The van der Waals surface area contributed by atoms with Crippen LogP contribution in [0.25, 0.3) is 0 Å². The van der Waals surface area contributed by atoms with E-state index >= 15 is 0 Å². The van der Waals surface area contributed by atoms with Crippen LogP contribution in [0.5, 0.6) is 0 Å². The second-order valence-electron chi connectivity index (χ2n) is 5.76. The van der Waals surface area contributed by atoms with Gasteiger partial charge in [-0.1, -0.05) is 23.8 Å². The van der Waals surface area contributed by atoms with Crippen molar-refractivity contribution >= 4 is 6.03 Å². The summed E-state index contributed by atoms with van der Waals surface area (Å²) in [4.78, 5) is 15.9. The first kappa shape index (κ1) is 16.5. The number of hydrogen-bond acceptors (Lipinski definition) is 2. The van der Waals surface area contributed by atoms with Gasteiger partial charge in [-0.15, -0.1) is 0 Å². The third kappa shape index (κ3) is 4.85. The molecular weight excluding hydrogens is 250 g/mol. The molecule has 0 spiro atoms. The van der Waals surface area contributed by atoms with E-state index in [1.165, 1.54) is 16.7 Å². The number of aryl methyl sites for hydroxylation is 2. The lowest BCUT2D eigenvalue weighted by Gasteiger charge is -2.23. The molecule has 1 aromatic rings. The molecule has 0 aromatic heterocycles. The predicted molar refractivity (Wildman–Crippen MR) is 84.0 cm³/mol. The van der Waals surface area contributed by atoms with Crippen molar-refractivity contribution in [3.8, 4) is 0 Å². The van der Waals surface area contributed by atoms with E-state index in [4.69, 9.17) is 0 Å². The zero-order chi connectivity index (χ0) is 15.3. The van der Waals surface area contributed by atoms with Crippen LogP contribution in [0, 0.1) is 13.8 Å². The summed E-state index contributed by atoms with van der Waals surface area (Å²) >= 11 is 0. The van der Waals surface area contributed by atoms with Gasteiger partial charge in [0.15, 0.2) is 0 Å². The minimum absolute atomic E-state index is 0.0184. The maximum Gasteiger partial charge on any atom is 0.317 e. The summed E-state index contributed by atoms with van der Waals surface area (Å²) in [6.07, 6.45) is 0. The Morgan fingerprint density at radius 2 is 1.85 bits per heavy atom. The van der Waals surface area contributed by atoms with Crippen LogP contribution < -0.4 is 5.32 Å². The SMILES string of the molecule is Cc1ccc([C@@H](C)NC(=O)N(C)CCN(C)C)c(C)c1. The van der Waals surface area contributed by atoms with Crippen molar-refractivity contribution in [2.24, 2.45) is 0 Å². The monoisotopic (exact) mass is 277 g/mol. The fraction of sp³-hybridized carbons (Fsp3) is 0.562. The van der Waals surface area contributed by atoms with E-state index in [9.17, 15) is 4.79 Å². The van der Waals surface area contributed by atoms with Gasteiger partial charge < -0.3 is 15.1 Å². The van der Waals surface area contributed by atoms with E-state index in [2.05, 4.69) is 42.3 Å². The maximum absolute atomic E-state index is 12.1. The fourth-order valence-corrected chi connectivity index (χ4v) is 2.14. The Morgan fingerprint density at radius 1 is 1.20 bits per heavy atom. The van der Waals surface area contributed by atoms with E-state index in [0.717, 1.165) is 13.1 Å². The molecular formula is C16H27N3O. The third-order valence-electron chi connectivity index (χ3n) is 3.46. The van der Waals surface area contributed by atoms with Crippen molar-refractivity contribution in [3.63, 3.8) is 0 Å². The van der Waals surface area contributed by atoms with E-state index in [1.807, 2.05) is 28.1 Å². The number of hydrogen-bond donors (Lipinski definition) is 1. The molecule has 112 valence electrons. The van der Waals surface area contributed by atoms with Crippen LogP contribution in [-0.4, -0.2) is 50.1 Å². The van der Waals surface area contributed by atoms with Crippen LogP contribution in [0.15, 0.2) is 18.2 Å². The number of benzene rings is 1. The van der Waals surface area contributed by atoms with Crippen LogP contribution in [0.3, 0.4) is 0 Å². The molecule has 0 heterocycles. The molecule has 0 unspecified atom stereocenters. The number of carbonyl (C=O) groups is 1. The Morgan fingerprint density at radius 3 is 2.40 bits per heavy atom. The lowest BCUT2D eigenvalue weighted by Crippen LogP contribution is -2.41. The first-order valence-corrected chi connectivity index (χ1v) is 7.04. The van der Waals surface area contributed by atoms with E-state index < -0.39 is 0 Å². The molecule has 0 bridgehead atoms. The van der Waals surface area contributed by atoms with Gasteiger partial charge in [-0.25, -0.2) is 4.79 Å². The van der Waals surface area contributed by atoms with Gasteiger partial charge in [0.05, 0.1) is 6.04 Å². The van der Waals surface area contributed by atoms with Gasteiger partial charge in [0, 0.05) is 20.1 Å². The summed E-state index contributed by atoms with van der Waals surface area (Å²) in [6.45, 7) is 7.77. The highest BCUT2D eigenvalue weighted by Gasteiger charge is 2.14. The predicted octanol–water partition coefficient (Wildman–Crippen LogP) is 2.57. The minimum Gasteiger partial charge on any atom is -0.331 e. The highest BCUT2D eigenvalue weighted by molar-refractivity contribution is 5.74. The summed E-state index contributed by atoms with van der Waals surface area (Å²) in [5.74, 6) is 0. The molecule has 0 aliphatic heterocycles. The molecule has 0 aliphatic carbocycles. The molecule has 1 atom stereocenters. The van der Waals surface area contributed by atoms with Gasteiger partial charge in [-0.2, -0.15) is 0 Å². The molecule has 0 fully saturated rings. The zero-order valence-corrected chi connectivity index (χ0v) is 13.5. The molecule has 1 N–H and O–H groups in total. The number of urea groups is 1. The quantitative estimate of drug-likeness (QED) is 0.898. The van der Waals surface area contributed by atoms with Gasteiger partial charge in [0.25, 0.3) is 0 Å². The standard InChI is InChI=1S/C16H27N3O/c1-12-7-8-15(13(2)11-12)14(3)17-16(20)19(6)10-9-18(4)5/h7-8,11,14H,9-10H2,1-6H3,(H,17,20)/t14-/m1/s1. The van der Waals surface area contributed by atoms with Crippen molar-refractivity contribution in [1.82, 2.24) is 15.1 Å². The van der Waals surface area contributed by atoms with Crippen LogP contribution in [0.2, 0.25) is 0 Å². The summed E-state index contributed by atoms with van der Waals surface area (Å²) in [6, 6.07) is 6.31. The highest BCUT2D eigenvalue weighted by atomic mass is 16.2. The Balaban J connectivity index is 2.60. The van der Waals surface area contributed by atoms with Crippen LogP contribution >= 0.6 is 0 Å².